The highest BCUT2D eigenvalue weighted by molar-refractivity contribution is 6.26. The number of carbonyl (C=O) groups excluding carboxylic acids is 3. The molecule has 2 atom stereocenters. The molecule has 0 aliphatic carbocycles. The predicted molar refractivity (Wildman–Crippen MR) is 101 cm³/mol. The third-order valence-electron chi connectivity index (χ3n) is 4.41. The van der Waals surface area contributed by atoms with Crippen molar-refractivity contribution >= 4 is 23.3 Å². The number of carbonyl (C=O) groups is 3. The highest BCUT2D eigenvalue weighted by atomic mass is 16.2. The Labute approximate surface area is 156 Å². The lowest BCUT2D eigenvalue weighted by atomic mass is 9.96. The largest absolute Gasteiger partial charge is 0.345 e. The van der Waals surface area contributed by atoms with Crippen LogP contribution in [0.4, 0.5) is 5.69 Å². The van der Waals surface area contributed by atoms with Crippen LogP contribution in [0.3, 0.4) is 0 Å². The molecule has 7 nitrogen and oxygen atoms in total. The van der Waals surface area contributed by atoms with Crippen molar-refractivity contribution in [3.63, 3.8) is 0 Å². The summed E-state index contributed by atoms with van der Waals surface area (Å²) in [5.74, 6) is -2.69. The molecule has 1 saturated heterocycles. The monoisotopic (exact) mass is 367 g/mol. The number of benzene rings is 1. The van der Waals surface area contributed by atoms with Crippen LogP contribution in [0.15, 0.2) is 53.5 Å². The summed E-state index contributed by atoms with van der Waals surface area (Å²) < 4.78 is 1.47. The molecule has 0 radical (unpaired) electrons. The van der Waals surface area contributed by atoms with Crippen LogP contribution in [0.5, 0.6) is 0 Å². The van der Waals surface area contributed by atoms with Gasteiger partial charge in [-0.15, -0.1) is 0 Å². The Morgan fingerprint density at radius 2 is 1.81 bits per heavy atom. The third kappa shape index (κ3) is 3.97. The Bertz CT molecular complexity index is 931. The smallest absolute Gasteiger partial charge is 0.255 e. The highest BCUT2D eigenvalue weighted by Crippen LogP contribution is 2.20. The maximum absolute atomic E-state index is 12.4. The maximum Gasteiger partial charge on any atom is 0.255 e. The molecule has 2 aromatic rings. The Kier molecular flexibility index (Phi) is 5.21. The summed E-state index contributed by atoms with van der Waals surface area (Å²) in [5, 5.41) is 5.21. The minimum absolute atomic E-state index is 0.168. The van der Waals surface area contributed by atoms with E-state index in [0.717, 1.165) is 0 Å². The highest BCUT2D eigenvalue weighted by Gasteiger charge is 2.45. The Hall–Kier alpha value is -3.22. The SMILES string of the molecule is CC(C)CC1NC(=O)C(C(=O)Nc2ccc(-n3ccccc3=O)cc2)C1=O. The van der Waals surface area contributed by atoms with E-state index in [2.05, 4.69) is 10.6 Å². The number of nitrogens with zero attached hydrogens (tertiary/aromatic N) is 1. The van der Waals surface area contributed by atoms with Gasteiger partial charge in [-0.25, -0.2) is 0 Å². The molecule has 0 saturated carbocycles. The van der Waals surface area contributed by atoms with Gasteiger partial charge in [-0.3, -0.25) is 23.7 Å². The second kappa shape index (κ2) is 7.57. The first-order chi connectivity index (χ1) is 12.9. The number of aromatic nitrogens is 1. The zero-order chi connectivity index (χ0) is 19.6. The quantitative estimate of drug-likeness (QED) is 0.783. The summed E-state index contributed by atoms with van der Waals surface area (Å²) in [4.78, 5) is 48.7. The van der Waals surface area contributed by atoms with Crippen LogP contribution in [0.25, 0.3) is 5.69 Å². The number of Topliss-reactive ketones (excluding diaryl/α,β-unsaturated/α-hetero) is 1. The minimum atomic E-state index is -1.33. The van der Waals surface area contributed by atoms with Crippen LogP contribution >= 0.6 is 0 Å². The topological polar surface area (TPSA) is 97.3 Å². The van der Waals surface area contributed by atoms with Crippen molar-refractivity contribution < 1.29 is 14.4 Å². The van der Waals surface area contributed by atoms with E-state index >= 15 is 0 Å². The first kappa shape index (κ1) is 18.6. The van der Waals surface area contributed by atoms with Crippen LogP contribution < -0.4 is 16.2 Å². The van der Waals surface area contributed by atoms with Crippen molar-refractivity contribution in [2.45, 2.75) is 26.3 Å². The second-order valence-corrected chi connectivity index (χ2v) is 6.97. The van der Waals surface area contributed by atoms with Crippen molar-refractivity contribution in [3.8, 4) is 5.69 Å². The van der Waals surface area contributed by atoms with Gasteiger partial charge in [-0.1, -0.05) is 19.9 Å². The molecule has 1 aliphatic rings. The fourth-order valence-corrected chi connectivity index (χ4v) is 3.11. The molecule has 2 amide bonds. The number of hydrogen-bond donors (Lipinski definition) is 2. The summed E-state index contributed by atoms with van der Waals surface area (Å²) in [7, 11) is 0. The fourth-order valence-electron chi connectivity index (χ4n) is 3.11. The average molecular weight is 367 g/mol. The minimum Gasteiger partial charge on any atom is -0.345 e. The zero-order valence-electron chi connectivity index (χ0n) is 15.1. The number of nitrogens with one attached hydrogen (secondary N) is 2. The van der Waals surface area contributed by atoms with E-state index < -0.39 is 29.6 Å². The van der Waals surface area contributed by atoms with E-state index in [9.17, 15) is 19.2 Å². The number of rotatable bonds is 5. The van der Waals surface area contributed by atoms with Crippen molar-refractivity contribution in [2.75, 3.05) is 5.32 Å². The lowest BCUT2D eigenvalue weighted by Crippen LogP contribution is -2.33. The van der Waals surface area contributed by atoms with Gasteiger partial charge in [0, 0.05) is 23.6 Å². The summed E-state index contributed by atoms with van der Waals surface area (Å²) in [6, 6.07) is 10.8. The van der Waals surface area contributed by atoms with Crippen molar-refractivity contribution in [1.82, 2.24) is 9.88 Å². The Morgan fingerprint density at radius 1 is 1.11 bits per heavy atom. The average Bonchev–Trinajstić information content (AvgIpc) is 2.89. The van der Waals surface area contributed by atoms with E-state index in [-0.39, 0.29) is 11.5 Å². The van der Waals surface area contributed by atoms with E-state index in [1.807, 2.05) is 13.8 Å². The first-order valence-corrected chi connectivity index (χ1v) is 8.80. The number of ketones is 1. The summed E-state index contributed by atoms with van der Waals surface area (Å²) >= 11 is 0. The van der Waals surface area contributed by atoms with E-state index in [1.165, 1.54) is 10.6 Å². The normalized spacial score (nSPS) is 19.2. The second-order valence-electron chi connectivity index (χ2n) is 6.97. The van der Waals surface area contributed by atoms with E-state index in [4.69, 9.17) is 0 Å². The predicted octanol–water partition coefficient (Wildman–Crippen LogP) is 1.51. The summed E-state index contributed by atoms with van der Waals surface area (Å²) in [6.07, 6.45) is 2.15. The number of hydrogen-bond acceptors (Lipinski definition) is 4. The van der Waals surface area contributed by atoms with Gasteiger partial charge in [0.1, 0.15) is 0 Å². The third-order valence-corrected chi connectivity index (χ3v) is 4.41. The molecule has 1 aromatic heterocycles. The van der Waals surface area contributed by atoms with Crippen LogP contribution in [0, 0.1) is 11.8 Å². The standard InChI is InChI=1S/C20H21N3O4/c1-12(2)11-15-18(25)17(20(27)22-15)19(26)21-13-6-8-14(9-7-13)23-10-4-3-5-16(23)24/h3-10,12,15,17H,11H2,1-2H3,(H,21,26)(H,22,27). The van der Waals surface area contributed by atoms with E-state index in [0.29, 0.717) is 17.8 Å². The van der Waals surface area contributed by atoms with Gasteiger partial charge in [0.05, 0.1) is 6.04 Å². The van der Waals surface area contributed by atoms with Gasteiger partial charge in [0.15, 0.2) is 11.7 Å². The molecule has 7 heteroatoms. The molecular weight excluding hydrogens is 346 g/mol. The van der Waals surface area contributed by atoms with Gasteiger partial charge in [0.25, 0.3) is 5.56 Å². The molecule has 0 spiro atoms. The molecule has 140 valence electrons. The summed E-state index contributed by atoms with van der Waals surface area (Å²) in [6.45, 7) is 3.90. The maximum atomic E-state index is 12.4. The molecule has 3 rings (SSSR count). The van der Waals surface area contributed by atoms with Crippen molar-refractivity contribution in [2.24, 2.45) is 11.8 Å². The molecule has 27 heavy (non-hydrogen) atoms. The lowest BCUT2D eigenvalue weighted by molar-refractivity contribution is -0.135. The zero-order valence-corrected chi connectivity index (χ0v) is 15.1. The number of pyridine rings is 1. The Morgan fingerprint density at radius 3 is 2.44 bits per heavy atom. The Balaban J connectivity index is 1.71. The number of anilines is 1. The van der Waals surface area contributed by atoms with Gasteiger partial charge >= 0.3 is 0 Å². The van der Waals surface area contributed by atoms with E-state index in [1.54, 1.807) is 42.6 Å². The molecule has 1 fully saturated rings. The molecule has 1 aromatic carbocycles. The van der Waals surface area contributed by atoms with Crippen LogP contribution in [0.1, 0.15) is 20.3 Å². The van der Waals surface area contributed by atoms with Crippen molar-refractivity contribution in [1.29, 1.82) is 0 Å². The molecule has 2 unspecified atom stereocenters. The van der Waals surface area contributed by atoms with Gasteiger partial charge in [-0.05, 0) is 42.7 Å². The number of amides is 2. The van der Waals surface area contributed by atoms with Gasteiger partial charge in [-0.2, -0.15) is 0 Å². The molecule has 2 N–H and O–H groups in total. The van der Waals surface area contributed by atoms with Crippen molar-refractivity contribution in [3.05, 3.63) is 59.0 Å². The van der Waals surface area contributed by atoms with Crippen LogP contribution in [0.2, 0.25) is 0 Å². The summed E-state index contributed by atoms with van der Waals surface area (Å²) in [5.41, 5.74) is 0.921. The van der Waals surface area contributed by atoms with Gasteiger partial charge in [0.2, 0.25) is 11.8 Å². The molecule has 1 aliphatic heterocycles. The molecule has 0 bridgehead atoms. The van der Waals surface area contributed by atoms with Crippen LogP contribution in [-0.2, 0) is 14.4 Å². The first-order valence-electron chi connectivity index (χ1n) is 8.80. The molecule has 2 heterocycles. The fraction of sp³-hybridized carbons (Fsp3) is 0.300. The van der Waals surface area contributed by atoms with Crippen LogP contribution in [-0.4, -0.2) is 28.2 Å². The lowest BCUT2D eigenvalue weighted by Gasteiger charge is -2.11. The molecular formula is C20H21N3O4. The van der Waals surface area contributed by atoms with Gasteiger partial charge < -0.3 is 10.6 Å².